The summed E-state index contributed by atoms with van der Waals surface area (Å²) in [6.07, 6.45) is -4.69. The third-order valence-corrected chi connectivity index (χ3v) is 5.76. The van der Waals surface area contributed by atoms with Crippen LogP contribution in [-0.2, 0) is 19.3 Å². The van der Waals surface area contributed by atoms with Gasteiger partial charge >= 0.3 is 6.18 Å². The van der Waals surface area contributed by atoms with E-state index >= 15 is 0 Å². The van der Waals surface area contributed by atoms with Crippen LogP contribution in [0.25, 0.3) is 16.4 Å². The molecule has 0 saturated carbocycles. The highest BCUT2D eigenvalue weighted by molar-refractivity contribution is 5.96. The third kappa shape index (κ3) is 4.81. The fraction of sp³-hybridized carbons (Fsp3) is 0.192. The molecular formula is C26H22F3N5O. The summed E-state index contributed by atoms with van der Waals surface area (Å²) in [4.78, 5) is 0. The summed E-state index contributed by atoms with van der Waals surface area (Å²) in [6, 6.07) is 25.1. The number of halogens is 3. The van der Waals surface area contributed by atoms with Gasteiger partial charge in [0.15, 0.2) is 5.65 Å². The quantitative estimate of drug-likeness (QED) is 0.325. The van der Waals surface area contributed by atoms with Crippen molar-refractivity contribution in [1.82, 2.24) is 25.1 Å². The zero-order valence-corrected chi connectivity index (χ0v) is 18.8. The second-order valence-electron chi connectivity index (χ2n) is 8.23. The average Bonchev–Trinajstić information content (AvgIpc) is 3.31. The summed E-state index contributed by atoms with van der Waals surface area (Å²) in [6.45, 7) is 2.91. The van der Waals surface area contributed by atoms with Gasteiger partial charge in [0.25, 0.3) is 5.82 Å². The van der Waals surface area contributed by atoms with Gasteiger partial charge in [0, 0.05) is 23.4 Å². The van der Waals surface area contributed by atoms with Crippen LogP contribution in [0.2, 0.25) is 0 Å². The van der Waals surface area contributed by atoms with Crippen LogP contribution < -0.4 is 10.1 Å². The van der Waals surface area contributed by atoms with Crippen molar-refractivity contribution in [2.75, 3.05) is 0 Å². The molecule has 5 rings (SSSR count). The van der Waals surface area contributed by atoms with Crippen LogP contribution in [0.3, 0.4) is 0 Å². The lowest BCUT2D eigenvalue weighted by Gasteiger charge is -2.15. The smallest absolute Gasteiger partial charge is 0.453 e. The molecule has 9 heteroatoms. The molecule has 2 aromatic heterocycles. The number of nitrogens with zero attached hydrogens (tertiary/aromatic N) is 4. The first-order valence-electron chi connectivity index (χ1n) is 11.1. The molecule has 0 bridgehead atoms. The van der Waals surface area contributed by atoms with Gasteiger partial charge in [-0.1, -0.05) is 72.8 Å². The van der Waals surface area contributed by atoms with Gasteiger partial charge in [-0.3, -0.25) is 0 Å². The minimum atomic E-state index is -4.69. The largest absolute Gasteiger partial charge is 0.471 e. The Kier molecular flexibility index (Phi) is 6.08. The Morgan fingerprint density at radius 1 is 0.886 bits per heavy atom. The molecule has 1 N–H and O–H groups in total. The number of fused-ring (bicyclic) bond motifs is 3. The molecular weight excluding hydrogens is 455 g/mol. The van der Waals surface area contributed by atoms with E-state index in [0.717, 1.165) is 11.1 Å². The van der Waals surface area contributed by atoms with E-state index in [0.29, 0.717) is 21.8 Å². The molecule has 0 saturated heterocycles. The van der Waals surface area contributed by atoms with Gasteiger partial charge in [-0.2, -0.15) is 17.7 Å². The Bertz CT molecular complexity index is 1470. The van der Waals surface area contributed by atoms with Crippen molar-refractivity contribution in [3.05, 3.63) is 101 Å². The zero-order valence-electron chi connectivity index (χ0n) is 18.8. The van der Waals surface area contributed by atoms with Crippen molar-refractivity contribution >= 4 is 16.4 Å². The molecule has 3 aromatic carbocycles. The molecule has 1 atom stereocenters. The molecule has 5 aromatic rings. The molecule has 178 valence electrons. The number of hydrogen-bond donors (Lipinski definition) is 1. The fourth-order valence-electron chi connectivity index (χ4n) is 3.95. The number of nitrogens with one attached hydrogen (secondary N) is 1. The van der Waals surface area contributed by atoms with Gasteiger partial charge in [0.05, 0.1) is 0 Å². The summed E-state index contributed by atoms with van der Waals surface area (Å²) in [5, 5.41) is 15.7. The van der Waals surface area contributed by atoms with Crippen molar-refractivity contribution < 1.29 is 17.9 Å². The lowest BCUT2D eigenvalue weighted by molar-refractivity contribution is -0.146. The normalized spacial score (nSPS) is 12.8. The highest BCUT2D eigenvalue weighted by atomic mass is 19.4. The average molecular weight is 477 g/mol. The Morgan fingerprint density at radius 3 is 2.37 bits per heavy atom. The van der Waals surface area contributed by atoms with Crippen LogP contribution >= 0.6 is 0 Å². The van der Waals surface area contributed by atoms with Gasteiger partial charge < -0.3 is 10.1 Å². The van der Waals surface area contributed by atoms with E-state index in [9.17, 15) is 13.2 Å². The SMILES string of the molecule is CC(NCc1cccc(COc2nn3c(C(F)(F)F)nnc3c3ccccc23)c1)c1ccccc1. The van der Waals surface area contributed by atoms with Gasteiger partial charge in [-0.05, 0) is 29.7 Å². The van der Waals surface area contributed by atoms with E-state index < -0.39 is 12.0 Å². The predicted octanol–water partition coefficient (Wildman–Crippen LogP) is 5.73. The summed E-state index contributed by atoms with van der Waals surface area (Å²) < 4.78 is 46.8. The third-order valence-electron chi connectivity index (χ3n) is 5.76. The molecule has 0 radical (unpaired) electrons. The topological polar surface area (TPSA) is 64.3 Å². The Labute approximate surface area is 199 Å². The van der Waals surface area contributed by atoms with Gasteiger partial charge in [-0.25, -0.2) is 0 Å². The highest BCUT2D eigenvalue weighted by Crippen LogP contribution is 2.32. The molecule has 1 unspecified atom stereocenters. The number of hydrogen-bond acceptors (Lipinski definition) is 5. The molecule has 0 fully saturated rings. The lowest BCUT2D eigenvalue weighted by Crippen LogP contribution is -2.18. The molecule has 6 nitrogen and oxygen atoms in total. The molecule has 0 aliphatic heterocycles. The monoisotopic (exact) mass is 477 g/mol. The van der Waals surface area contributed by atoms with Crippen LogP contribution in [0, 0.1) is 0 Å². The first kappa shape index (κ1) is 22.8. The van der Waals surface area contributed by atoms with Gasteiger partial charge in [-0.15, -0.1) is 15.3 Å². The van der Waals surface area contributed by atoms with Crippen LogP contribution in [-0.4, -0.2) is 19.8 Å². The maximum absolute atomic E-state index is 13.4. The molecule has 0 aliphatic carbocycles. The number of benzene rings is 3. The van der Waals surface area contributed by atoms with Gasteiger partial charge in [0.2, 0.25) is 5.88 Å². The zero-order chi connectivity index (χ0) is 24.4. The van der Waals surface area contributed by atoms with Crippen LogP contribution in [0.1, 0.15) is 35.5 Å². The number of alkyl halides is 3. The number of rotatable bonds is 7. The molecule has 35 heavy (non-hydrogen) atoms. The number of aromatic nitrogens is 4. The maximum atomic E-state index is 13.4. The Hall–Kier alpha value is -3.98. The van der Waals surface area contributed by atoms with Crippen LogP contribution in [0.4, 0.5) is 13.2 Å². The predicted molar refractivity (Wildman–Crippen MR) is 126 cm³/mol. The van der Waals surface area contributed by atoms with E-state index in [4.69, 9.17) is 4.74 Å². The van der Waals surface area contributed by atoms with E-state index in [-0.39, 0.29) is 24.2 Å². The van der Waals surface area contributed by atoms with E-state index in [1.807, 2.05) is 42.5 Å². The Morgan fingerprint density at radius 2 is 1.60 bits per heavy atom. The maximum Gasteiger partial charge on any atom is 0.453 e. The summed E-state index contributed by atoms with van der Waals surface area (Å²) >= 11 is 0. The number of ether oxygens (including phenoxy) is 1. The fourth-order valence-corrected chi connectivity index (χ4v) is 3.95. The standard InChI is InChI=1S/C26H22F3N5O/c1-17(20-10-3-2-4-11-20)30-15-18-8-7-9-19(14-18)16-35-24-22-13-6-5-12-21(22)23-31-32-25(26(27,28)29)34(23)33-24/h2-14,17,30H,15-16H2,1H3. The van der Waals surface area contributed by atoms with Crippen molar-refractivity contribution in [2.24, 2.45) is 0 Å². The minimum Gasteiger partial charge on any atom is -0.471 e. The minimum absolute atomic E-state index is 0.0286. The molecule has 0 amide bonds. The Balaban J connectivity index is 1.36. The van der Waals surface area contributed by atoms with E-state index in [1.165, 1.54) is 5.56 Å². The summed E-state index contributed by atoms with van der Waals surface area (Å²) in [7, 11) is 0. The van der Waals surface area contributed by atoms with Crippen molar-refractivity contribution in [2.45, 2.75) is 32.3 Å². The van der Waals surface area contributed by atoms with Gasteiger partial charge in [0.1, 0.15) is 6.61 Å². The summed E-state index contributed by atoms with van der Waals surface area (Å²) in [5.41, 5.74) is 3.18. The first-order valence-corrected chi connectivity index (χ1v) is 11.1. The highest BCUT2D eigenvalue weighted by Gasteiger charge is 2.38. The molecule has 2 heterocycles. The summed E-state index contributed by atoms with van der Waals surface area (Å²) in [5.74, 6) is -1.11. The van der Waals surface area contributed by atoms with Crippen molar-refractivity contribution in [3.63, 3.8) is 0 Å². The van der Waals surface area contributed by atoms with Crippen molar-refractivity contribution in [1.29, 1.82) is 0 Å². The van der Waals surface area contributed by atoms with Crippen LogP contribution in [0.15, 0.2) is 78.9 Å². The second-order valence-corrected chi connectivity index (χ2v) is 8.23. The van der Waals surface area contributed by atoms with E-state index in [1.54, 1.807) is 24.3 Å². The van der Waals surface area contributed by atoms with Crippen LogP contribution in [0.5, 0.6) is 5.88 Å². The molecule has 0 spiro atoms. The van der Waals surface area contributed by atoms with E-state index in [2.05, 4.69) is 39.7 Å². The lowest BCUT2D eigenvalue weighted by atomic mass is 10.1. The first-order chi connectivity index (χ1) is 16.9. The second kappa shape index (κ2) is 9.34. The van der Waals surface area contributed by atoms with Crippen molar-refractivity contribution in [3.8, 4) is 5.88 Å². The molecule has 0 aliphatic rings.